The topological polar surface area (TPSA) is 81.1 Å². The summed E-state index contributed by atoms with van der Waals surface area (Å²) in [6.45, 7) is 0. The molecular formula is C15H19N5O. The van der Waals surface area contributed by atoms with E-state index in [2.05, 4.69) is 27.1 Å². The summed E-state index contributed by atoms with van der Waals surface area (Å²) in [5, 5.41) is 4.18. The van der Waals surface area contributed by atoms with Crippen LogP contribution in [0, 0.1) is 0 Å². The van der Waals surface area contributed by atoms with Crippen LogP contribution in [0.15, 0.2) is 22.9 Å². The maximum Gasteiger partial charge on any atom is 0.276 e. The quantitative estimate of drug-likeness (QED) is 0.909. The Bertz CT molecular complexity index is 624. The molecule has 2 aromatic rings. The average Bonchev–Trinajstić information content (AvgIpc) is 3.03. The summed E-state index contributed by atoms with van der Waals surface area (Å²) < 4.78 is 5.38. The lowest BCUT2D eigenvalue weighted by atomic mass is 9.90. The molecule has 21 heavy (non-hydrogen) atoms. The van der Waals surface area contributed by atoms with Gasteiger partial charge in [0.15, 0.2) is 5.82 Å². The number of pyridine rings is 1. The molecule has 0 aliphatic carbocycles. The van der Waals surface area contributed by atoms with Gasteiger partial charge in [0.05, 0.1) is 11.9 Å². The highest BCUT2D eigenvalue weighted by molar-refractivity contribution is 5.50. The Hall–Kier alpha value is -1.95. The number of hydrogen-bond acceptors (Lipinski definition) is 6. The van der Waals surface area contributed by atoms with Crippen LogP contribution in [0.1, 0.15) is 37.4 Å². The summed E-state index contributed by atoms with van der Waals surface area (Å²) in [5.41, 5.74) is 6.95. The van der Waals surface area contributed by atoms with Crippen LogP contribution in [0.5, 0.6) is 0 Å². The normalized spacial score (nSPS) is 28.9. The second-order valence-corrected chi connectivity index (χ2v) is 6.15. The minimum Gasteiger partial charge on any atom is -0.397 e. The van der Waals surface area contributed by atoms with Gasteiger partial charge in [-0.25, -0.2) is 4.98 Å². The van der Waals surface area contributed by atoms with E-state index in [1.54, 1.807) is 12.3 Å². The van der Waals surface area contributed by atoms with Crippen molar-refractivity contribution in [3.63, 3.8) is 0 Å². The number of nitrogens with zero attached hydrogens (tertiary/aromatic N) is 4. The van der Waals surface area contributed by atoms with Crippen LogP contribution < -0.4 is 5.73 Å². The summed E-state index contributed by atoms with van der Waals surface area (Å²) in [7, 11) is 2.23. The third-order valence-corrected chi connectivity index (χ3v) is 4.91. The van der Waals surface area contributed by atoms with Crippen molar-refractivity contribution in [3.8, 4) is 11.6 Å². The number of fused-ring (bicyclic) bond motifs is 2. The van der Waals surface area contributed by atoms with E-state index in [4.69, 9.17) is 10.3 Å². The fourth-order valence-electron chi connectivity index (χ4n) is 3.66. The van der Waals surface area contributed by atoms with Crippen molar-refractivity contribution in [3.05, 3.63) is 24.2 Å². The van der Waals surface area contributed by atoms with Gasteiger partial charge in [-0.3, -0.25) is 0 Å². The van der Waals surface area contributed by atoms with Crippen molar-refractivity contribution in [2.75, 3.05) is 12.8 Å². The molecule has 0 amide bonds. The van der Waals surface area contributed by atoms with Crippen molar-refractivity contribution in [1.29, 1.82) is 0 Å². The summed E-state index contributed by atoms with van der Waals surface area (Å²) in [6.07, 6.45) is 6.45. The van der Waals surface area contributed by atoms with Gasteiger partial charge < -0.3 is 15.2 Å². The Morgan fingerprint density at radius 3 is 2.67 bits per heavy atom. The summed E-state index contributed by atoms with van der Waals surface area (Å²) in [6, 6.07) is 4.95. The van der Waals surface area contributed by atoms with Gasteiger partial charge in [-0.15, -0.1) is 0 Å². The molecule has 2 aliphatic rings. The van der Waals surface area contributed by atoms with Gasteiger partial charge in [-0.1, -0.05) is 5.16 Å². The number of nitrogen functional groups attached to an aromatic ring is 1. The Balaban J connectivity index is 1.56. The Morgan fingerprint density at radius 1 is 1.24 bits per heavy atom. The molecule has 2 bridgehead atoms. The molecule has 0 radical (unpaired) electrons. The maximum atomic E-state index is 5.64. The van der Waals surface area contributed by atoms with Crippen LogP contribution in [0.2, 0.25) is 0 Å². The molecule has 2 aromatic heterocycles. The molecule has 6 heteroatoms. The molecule has 0 spiro atoms. The fourth-order valence-corrected chi connectivity index (χ4v) is 3.66. The first-order chi connectivity index (χ1) is 10.2. The highest BCUT2D eigenvalue weighted by Gasteiger charge is 2.40. The molecule has 2 N–H and O–H groups in total. The second kappa shape index (κ2) is 4.80. The predicted octanol–water partition coefficient (Wildman–Crippen LogP) is 2.05. The maximum absolute atomic E-state index is 5.64. The lowest BCUT2D eigenvalue weighted by Crippen LogP contribution is -2.39. The van der Waals surface area contributed by atoms with Crippen molar-refractivity contribution in [1.82, 2.24) is 20.0 Å². The van der Waals surface area contributed by atoms with E-state index in [0.29, 0.717) is 35.3 Å². The van der Waals surface area contributed by atoms with E-state index >= 15 is 0 Å². The largest absolute Gasteiger partial charge is 0.397 e. The van der Waals surface area contributed by atoms with Gasteiger partial charge >= 0.3 is 0 Å². The van der Waals surface area contributed by atoms with Gasteiger partial charge in [0.25, 0.3) is 5.89 Å². The number of aromatic nitrogens is 3. The summed E-state index contributed by atoms with van der Waals surface area (Å²) >= 11 is 0. The van der Waals surface area contributed by atoms with E-state index in [1.165, 1.54) is 12.8 Å². The minimum atomic E-state index is 0.407. The number of piperidine rings is 1. The standard InChI is InChI=1S/C15H19N5O/c1-20-11-3-4-12(20)7-9(6-11)14-18-15(21-19-14)13-5-2-10(16)8-17-13/h2,5,8-9,11-12H,3-4,6-7,16H2,1H3. The lowest BCUT2D eigenvalue weighted by molar-refractivity contribution is 0.157. The Morgan fingerprint density at radius 2 is 2.00 bits per heavy atom. The van der Waals surface area contributed by atoms with Crippen molar-refractivity contribution < 1.29 is 4.52 Å². The van der Waals surface area contributed by atoms with Crippen LogP contribution in [0.25, 0.3) is 11.6 Å². The van der Waals surface area contributed by atoms with Crippen LogP contribution in [-0.4, -0.2) is 39.2 Å². The Labute approximate surface area is 123 Å². The molecular weight excluding hydrogens is 266 g/mol. The van der Waals surface area contributed by atoms with Crippen LogP contribution in [0.4, 0.5) is 5.69 Å². The third kappa shape index (κ3) is 2.19. The average molecular weight is 285 g/mol. The SMILES string of the molecule is CN1C2CCC1CC(c1noc(-c3ccc(N)cn3)n1)C2. The molecule has 2 unspecified atom stereocenters. The number of rotatable bonds is 2. The second-order valence-electron chi connectivity index (χ2n) is 6.15. The van der Waals surface area contributed by atoms with E-state index < -0.39 is 0 Å². The summed E-state index contributed by atoms with van der Waals surface area (Å²) in [4.78, 5) is 11.3. The minimum absolute atomic E-state index is 0.407. The molecule has 2 aliphatic heterocycles. The van der Waals surface area contributed by atoms with Crippen LogP contribution >= 0.6 is 0 Å². The van der Waals surface area contributed by atoms with Crippen LogP contribution in [-0.2, 0) is 0 Å². The molecule has 6 nitrogen and oxygen atoms in total. The molecule has 0 saturated carbocycles. The Kier molecular flexibility index (Phi) is 2.92. The molecule has 2 atom stereocenters. The number of hydrogen-bond donors (Lipinski definition) is 1. The van der Waals surface area contributed by atoms with Gasteiger partial charge in [-0.2, -0.15) is 4.98 Å². The highest BCUT2D eigenvalue weighted by Crippen LogP contribution is 2.41. The summed E-state index contributed by atoms with van der Waals surface area (Å²) in [5.74, 6) is 1.72. The van der Waals surface area contributed by atoms with E-state index in [1.807, 2.05) is 6.07 Å². The molecule has 4 rings (SSSR count). The number of nitrogens with two attached hydrogens (primary N) is 1. The number of anilines is 1. The first-order valence-corrected chi connectivity index (χ1v) is 7.48. The smallest absolute Gasteiger partial charge is 0.276 e. The molecule has 110 valence electrons. The fraction of sp³-hybridized carbons (Fsp3) is 0.533. The third-order valence-electron chi connectivity index (χ3n) is 4.91. The molecule has 2 fully saturated rings. The molecule has 2 saturated heterocycles. The highest BCUT2D eigenvalue weighted by atomic mass is 16.5. The first kappa shape index (κ1) is 12.8. The van der Waals surface area contributed by atoms with E-state index in [0.717, 1.165) is 18.7 Å². The van der Waals surface area contributed by atoms with Crippen molar-refractivity contribution in [2.45, 2.75) is 43.7 Å². The van der Waals surface area contributed by atoms with Crippen molar-refractivity contribution in [2.24, 2.45) is 0 Å². The monoisotopic (exact) mass is 285 g/mol. The van der Waals surface area contributed by atoms with Gasteiger partial charge in [-0.05, 0) is 44.9 Å². The molecule has 0 aromatic carbocycles. The van der Waals surface area contributed by atoms with Gasteiger partial charge in [0.2, 0.25) is 0 Å². The van der Waals surface area contributed by atoms with E-state index in [-0.39, 0.29) is 0 Å². The zero-order valence-corrected chi connectivity index (χ0v) is 12.1. The predicted molar refractivity (Wildman–Crippen MR) is 78.5 cm³/mol. The van der Waals surface area contributed by atoms with Crippen LogP contribution in [0.3, 0.4) is 0 Å². The van der Waals surface area contributed by atoms with Gasteiger partial charge in [0.1, 0.15) is 5.69 Å². The zero-order chi connectivity index (χ0) is 14.4. The van der Waals surface area contributed by atoms with Crippen molar-refractivity contribution >= 4 is 5.69 Å². The molecule has 4 heterocycles. The first-order valence-electron chi connectivity index (χ1n) is 7.48. The lowest BCUT2D eigenvalue weighted by Gasteiger charge is -2.34. The van der Waals surface area contributed by atoms with E-state index in [9.17, 15) is 0 Å². The van der Waals surface area contributed by atoms with Gasteiger partial charge in [0, 0.05) is 18.0 Å². The zero-order valence-electron chi connectivity index (χ0n) is 12.1.